The normalized spacial score (nSPS) is 22.0. The third-order valence-corrected chi connectivity index (χ3v) is 4.13. The van der Waals surface area contributed by atoms with Crippen molar-refractivity contribution in [1.82, 2.24) is 0 Å². The molecular weight excluding hydrogens is 296 g/mol. The maximum absolute atomic E-state index is 12.7. The van der Waals surface area contributed by atoms with Gasteiger partial charge in [0.25, 0.3) is 0 Å². The van der Waals surface area contributed by atoms with Gasteiger partial charge in [-0.15, -0.1) is 0 Å². The molecule has 0 saturated carbocycles. The minimum Gasteiger partial charge on any atom is -0.457 e. The van der Waals surface area contributed by atoms with E-state index >= 15 is 0 Å². The molecule has 2 aliphatic rings. The number of benzene rings is 2. The highest BCUT2D eigenvalue weighted by molar-refractivity contribution is 6.01. The van der Waals surface area contributed by atoms with Crippen LogP contribution in [0.25, 0.3) is 0 Å². The van der Waals surface area contributed by atoms with E-state index in [4.69, 9.17) is 14.2 Å². The number of cyclic esters (lactones) is 1. The number of rotatable bonds is 3. The fourth-order valence-electron chi connectivity index (χ4n) is 3.00. The summed E-state index contributed by atoms with van der Waals surface area (Å²) in [5, 5.41) is 0. The van der Waals surface area contributed by atoms with E-state index in [1.807, 2.05) is 12.1 Å². The largest absolute Gasteiger partial charge is 0.457 e. The first-order valence-electron chi connectivity index (χ1n) is 7.40. The lowest BCUT2D eigenvalue weighted by Gasteiger charge is -2.17. The van der Waals surface area contributed by atoms with Gasteiger partial charge in [-0.2, -0.15) is 0 Å². The molecule has 2 aliphatic heterocycles. The van der Waals surface area contributed by atoms with Crippen molar-refractivity contribution in [2.24, 2.45) is 5.92 Å². The van der Waals surface area contributed by atoms with Crippen molar-refractivity contribution in [2.45, 2.75) is 12.5 Å². The Hall–Kier alpha value is -2.82. The number of esters is 1. The molecule has 0 spiro atoms. The summed E-state index contributed by atoms with van der Waals surface area (Å²) in [5.41, 5.74) is 1.33. The fourth-order valence-corrected chi connectivity index (χ4v) is 3.00. The second-order valence-electron chi connectivity index (χ2n) is 5.56. The molecule has 0 aromatic heterocycles. The molecule has 2 aromatic rings. The van der Waals surface area contributed by atoms with Crippen molar-refractivity contribution in [1.29, 1.82) is 0 Å². The molecule has 1 fully saturated rings. The van der Waals surface area contributed by atoms with E-state index in [9.17, 15) is 9.59 Å². The number of hydrogen-bond donors (Lipinski definition) is 0. The topological polar surface area (TPSA) is 61.8 Å². The summed E-state index contributed by atoms with van der Waals surface area (Å²) in [6.07, 6.45) is -0.503. The molecule has 5 heteroatoms. The Morgan fingerprint density at radius 1 is 1.00 bits per heavy atom. The van der Waals surface area contributed by atoms with Gasteiger partial charge in [0.2, 0.25) is 6.79 Å². The first-order chi connectivity index (χ1) is 11.2. The number of hydrogen-bond acceptors (Lipinski definition) is 5. The van der Waals surface area contributed by atoms with Gasteiger partial charge in [-0.1, -0.05) is 36.4 Å². The predicted octanol–water partition coefficient (Wildman–Crippen LogP) is 2.90. The van der Waals surface area contributed by atoms with Gasteiger partial charge in [0.05, 0.1) is 12.3 Å². The zero-order chi connectivity index (χ0) is 15.8. The molecule has 2 heterocycles. The van der Waals surface area contributed by atoms with Crippen LogP contribution in [-0.2, 0) is 9.53 Å². The van der Waals surface area contributed by atoms with Crippen LogP contribution in [0.3, 0.4) is 0 Å². The molecule has 23 heavy (non-hydrogen) atoms. The van der Waals surface area contributed by atoms with Gasteiger partial charge in [-0.05, 0) is 17.7 Å². The van der Waals surface area contributed by atoms with Crippen LogP contribution >= 0.6 is 0 Å². The maximum atomic E-state index is 12.7. The smallest absolute Gasteiger partial charge is 0.307 e. The predicted molar refractivity (Wildman–Crippen MR) is 80.3 cm³/mol. The van der Waals surface area contributed by atoms with Gasteiger partial charge in [-0.25, -0.2) is 0 Å². The summed E-state index contributed by atoms with van der Waals surface area (Å²) in [7, 11) is 0. The zero-order valence-electron chi connectivity index (χ0n) is 12.2. The van der Waals surface area contributed by atoms with Gasteiger partial charge in [0, 0.05) is 5.56 Å². The average Bonchev–Trinajstić information content (AvgIpc) is 3.20. The number of ether oxygens (including phenoxy) is 3. The van der Waals surface area contributed by atoms with Crippen molar-refractivity contribution in [3.05, 3.63) is 59.7 Å². The van der Waals surface area contributed by atoms with E-state index in [1.165, 1.54) is 0 Å². The summed E-state index contributed by atoms with van der Waals surface area (Å²) < 4.78 is 16.0. The number of carbonyl (C=O) groups excluding carboxylic acids is 2. The summed E-state index contributed by atoms with van der Waals surface area (Å²) in [6, 6.07) is 14.3. The van der Waals surface area contributed by atoms with E-state index in [-0.39, 0.29) is 25.0 Å². The lowest BCUT2D eigenvalue weighted by Crippen LogP contribution is -2.18. The molecule has 4 rings (SSSR count). The summed E-state index contributed by atoms with van der Waals surface area (Å²) >= 11 is 0. The SMILES string of the molecule is O=C1C[C@H](C(=O)c2ccccc2)[C@@H](c2ccc3c(c2)OCO3)O1. The van der Waals surface area contributed by atoms with Crippen molar-refractivity contribution in [3.63, 3.8) is 0 Å². The maximum Gasteiger partial charge on any atom is 0.307 e. The average molecular weight is 310 g/mol. The van der Waals surface area contributed by atoms with E-state index in [0.29, 0.717) is 17.1 Å². The van der Waals surface area contributed by atoms with Crippen LogP contribution in [0.1, 0.15) is 28.4 Å². The quantitative estimate of drug-likeness (QED) is 0.644. The number of Topliss-reactive ketones (excluding diaryl/α,β-unsaturated/α-hetero) is 1. The molecule has 0 radical (unpaired) electrons. The van der Waals surface area contributed by atoms with Gasteiger partial charge in [-0.3, -0.25) is 9.59 Å². The third-order valence-electron chi connectivity index (χ3n) is 4.13. The van der Waals surface area contributed by atoms with Gasteiger partial charge >= 0.3 is 5.97 Å². The fraction of sp³-hybridized carbons (Fsp3) is 0.222. The van der Waals surface area contributed by atoms with E-state index in [0.717, 1.165) is 5.56 Å². The van der Waals surface area contributed by atoms with E-state index in [2.05, 4.69) is 0 Å². The Balaban J connectivity index is 1.66. The molecule has 0 bridgehead atoms. The third kappa shape index (κ3) is 2.44. The lowest BCUT2D eigenvalue weighted by atomic mass is 9.88. The van der Waals surface area contributed by atoms with E-state index in [1.54, 1.807) is 36.4 Å². The summed E-state index contributed by atoms with van der Waals surface area (Å²) in [5.74, 6) is 0.298. The van der Waals surface area contributed by atoms with Crippen molar-refractivity contribution in [2.75, 3.05) is 6.79 Å². The highest BCUT2D eigenvalue weighted by Crippen LogP contribution is 2.41. The van der Waals surface area contributed by atoms with Crippen LogP contribution in [0, 0.1) is 5.92 Å². The molecule has 1 saturated heterocycles. The van der Waals surface area contributed by atoms with E-state index < -0.39 is 12.0 Å². The second kappa shape index (κ2) is 5.43. The molecule has 116 valence electrons. The van der Waals surface area contributed by atoms with Crippen LogP contribution in [0.4, 0.5) is 0 Å². The van der Waals surface area contributed by atoms with Gasteiger partial charge in [0.15, 0.2) is 17.3 Å². The molecule has 2 atom stereocenters. The van der Waals surface area contributed by atoms with Gasteiger partial charge in [0.1, 0.15) is 6.10 Å². The Bertz CT molecular complexity index is 768. The highest BCUT2D eigenvalue weighted by atomic mass is 16.7. The Morgan fingerprint density at radius 3 is 2.61 bits per heavy atom. The minimum atomic E-state index is -0.593. The monoisotopic (exact) mass is 310 g/mol. The molecule has 0 aliphatic carbocycles. The van der Waals surface area contributed by atoms with Crippen LogP contribution in [-0.4, -0.2) is 18.5 Å². The Kier molecular flexibility index (Phi) is 3.26. The molecule has 5 nitrogen and oxygen atoms in total. The standard InChI is InChI=1S/C18H14O5/c19-16-9-13(17(20)11-4-2-1-3-5-11)18(23-16)12-6-7-14-15(8-12)22-10-21-14/h1-8,13,18H,9-10H2/t13-,18-/m1/s1. The van der Waals surface area contributed by atoms with Crippen molar-refractivity contribution >= 4 is 11.8 Å². The molecule has 2 aromatic carbocycles. The Labute approximate surface area is 132 Å². The Morgan fingerprint density at radius 2 is 1.78 bits per heavy atom. The van der Waals surface area contributed by atoms with Crippen molar-refractivity contribution < 1.29 is 23.8 Å². The molecule has 0 unspecified atom stereocenters. The number of carbonyl (C=O) groups is 2. The first kappa shape index (κ1) is 13.8. The summed E-state index contributed by atoms with van der Waals surface area (Å²) in [4.78, 5) is 24.5. The van der Waals surface area contributed by atoms with Crippen LogP contribution in [0.15, 0.2) is 48.5 Å². The second-order valence-corrected chi connectivity index (χ2v) is 5.56. The molecular formula is C18H14O5. The van der Waals surface area contributed by atoms with Crippen LogP contribution < -0.4 is 9.47 Å². The van der Waals surface area contributed by atoms with Crippen LogP contribution in [0.5, 0.6) is 11.5 Å². The zero-order valence-corrected chi connectivity index (χ0v) is 12.2. The van der Waals surface area contributed by atoms with Gasteiger partial charge < -0.3 is 14.2 Å². The lowest BCUT2D eigenvalue weighted by molar-refractivity contribution is -0.141. The summed E-state index contributed by atoms with van der Waals surface area (Å²) in [6.45, 7) is 0.176. The van der Waals surface area contributed by atoms with Crippen LogP contribution in [0.2, 0.25) is 0 Å². The first-order valence-corrected chi connectivity index (χ1v) is 7.40. The number of ketones is 1. The molecule has 0 N–H and O–H groups in total. The van der Waals surface area contributed by atoms with Crippen molar-refractivity contribution in [3.8, 4) is 11.5 Å². The minimum absolute atomic E-state index is 0.0842. The number of fused-ring (bicyclic) bond motifs is 1. The highest BCUT2D eigenvalue weighted by Gasteiger charge is 2.41. The molecule has 0 amide bonds.